The average Bonchev–Trinajstić information content (AvgIpc) is 2.25. The van der Waals surface area contributed by atoms with Gasteiger partial charge in [0.25, 0.3) is 0 Å². The van der Waals surface area contributed by atoms with E-state index in [4.69, 9.17) is 9.47 Å². The Morgan fingerprint density at radius 1 is 1.38 bits per heavy atom. The molecule has 7 heteroatoms. The third-order valence-corrected chi connectivity index (χ3v) is 1.87. The first kappa shape index (κ1) is 12.6. The second kappa shape index (κ2) is 6.19. The van der Waals surface area contributed by atoms with Crippen LogP contribution in [0.5, 0.6) is 0 Å². The number of ether oxygens (including phenoxy) is 2. The smallest absolute Gasteiger partial charge is 0.330 e. The van der Waals surface area contributed by atoms with Crippen molar-refractivity contribution >= 4 is 0 Å². The van der Waals surface area contributed by atoms with Gasteiger partial charge in [-0.05, 0) is 13.8 Å². The summed E-state index contributed by atoms with van der Waals surface area (Å²) >= 11 is 0. The molecule has 0 aliphatic heterocycles. The number of nitrogens with one attached hydrogen (secondary N) is 1. The average molecular weight is 229 g/mol. The summed E-state index contributed by atoms with van der Waals surface area (Å²) in [6, 6.07) is 0. The number of aromatic nitrogens is 3. The Morgan fingerprint density at radius 3 is 2.56 bits per heavy atom. The number of nitrogens with zero attached hydrogens (tertiary/aromatic N) is 2. The zero-order chi connectivity index (χ0) is 12.0. The van der Waals surface area contributed by atoms with Gasteiger partial charge in [0, 0.05) is 13.2 Å². The summed E-state index contributed by atoms with van der Waals surface area (Å²) in [4.78, 5) is 22.4. The predicted molar refractivity (Wildman–Crippen MR) is 56.2 cm³/mol. The van der Waals surface area contributed by atoms with Crippen LogP contribution in [0.2, 0.25) is 0 Å². The highest BCUT2D eigenvalue weighted by molar-refractivity contribution is 4.74. The van der Waals surface area contributed by atoms with E-state index in [1.165, 1.54) is 6.33 Å². The molecule has 0 aromatic carbocycles. The van der Waals surface area contributed by atoms with Gasteiger partial charge in [0.1, 0.15) is 6.33 Å². The molecular formula is C9H15N3O4. The van der Waals surface area contributed by atoms with E-state index in [-0.39, 0.29) is 6.54 Å². The molecule has 0 unspecified atom stereocenters. The quantitative estimate of drug-likeness (QED) is 0.516. The van der Waals surface area contributed by atoms with Gasteiger partial charge in [-0.2, -0.15) is 5.10 Å². The highest BCUT2D eigenvalue weighted by Gasteiger charge is 2.10. The Balaban J connectivity index is 2.80. The lowest BCUT2D eigenvalue weighted by atomic mass is 10.5. The van der Waals surface area contributed by atoms with Gasteiger partial charge in [-0.15, -0.1) is 0 Å². The summed E-state index contributed by atoms with van der Waals surface area (Å²) in [6.07, 6.45) is 0.700. The number of hydrogen-bond donors (Lipinski definition) is 1. The fourth-order valence-electron chi connectivity index (χ4n) is 1.20. The van der Waals surface area contributed by atoms with Crippen LogP contribution in [-0.2, 0) is 16.0 Å². The fraction of sp³-hybridized carbons (Fsp3) is 0.667. The van der Waals surface area contributed by atoms with E-state index in [1.54, 1.807) is 0 Å². The van der Waals surface area contributed by atoms with E-state index >= 15 is 0 Å². The van der Waals surface area contributed by atoms with E-state index in [1.807, 2.05) is 13.8 Å². The van der Waals surface area contributed by atoms with Crippen molar-refractivity contribution in [2.75, 3.05) is 13.2 Å². The Morgan fingerprint density at radius 2 is 2.00 bits per heavy atom. The molecule has 0 saturated carbocycles. The Labute approximate surface area is 92.0 Å². The van der Waals surface area contributed by atoms with E-state index in [0.717, 1.165) is 4.57 Å². The molecule has 1 aromatic heterocycles. The molecule has 90 valence electrons. The van der Waals surface area contributed by atoms with Gasteiger partial charge in [0.2, 0.25) is 0 Å². The SMILES string of the molecule is CCOC(Cn1cn[nH]c(=O)c1=O)OCC. The van der Waals surface area contributed by atoms with Crippen LogP contribution in [0, 0.1) is 0 Å². The molecule has 0 spiro atoms. The zero-order valence-corrected chi connectivity index (χ0v) is 9.30. The summed E-state index contributed by atoms with van der Waals surface area (Å²) in [5, 5.41) is 5.59. The summed E-state index contributed by atoms with van der Waals surface area (Å²) in [6.45, 7) is 4.74. The minimum atomic E-state index is -0.755. The molecule has 0 radical (unpaired) electrons. The normalized spacial score (nSPS) is 10.9. The number of hydrogen-bond acceptors (Lipinski definition) is 5. The van der Waals surface area contributed by atoms with Crippen molar-refractivity contribution in [1.29, 1.82) is 0 Å². The molecule has 16 heavy (non-hydrogen) atoms. The standard InChI is InChI=1S/C9H15N3O4/c1-3-15-7(16-4-2)5-12-6-10-11-8(13)9(12)14/h6-7H,3-5H2,1-2H3,(H,11,13). The molecule has 1 rings (SSSR count). The molecule has 0 bridgehead atoms. The van der Waals surface area contributed by atoms with Crippen molar-refractivity contribution in [1.82, 2.24) is 14.8 Å². The molecule has 1 aromatic rings. The Bertz CT molecular complexity index is 419. The van der Waals surface area contributed by atoms with Gasteiger partial charge < -0.3 is 9.47 Å². The first-order chi connectivity index (χ1) is 7.69. The molecule has 0 amide bonds. The second-order valence-electron chi connectivity index (χ2n) is 2.98. The van der Waals surface area contributed by atoms with E-state index in [2.05, 4.69) is 10.2 Å². The summed E-state index contributed by atoms with van der Waals surface area (Å²) in [5.74, 6) is 0. The number of H-pyrrole nitrogens is 1. The maximum Gasteiger partial charge on any atom is 0.330 e. The lowest BCUT2D eigenvalue weighted by molar-refractivity contribution is -0.144. The molecule has 0 aliphatic rings. The van der Waals surface area contributed by atoms with Crippen molar-refractivity contribution in [3.63, 3.8) is 0 Å². The van der Waals surface area contributed by atoms with Crippen LogP contribution in [0.3, 0.4) is 0 Å². The van der Waals surface area contributed by atoms with Gasteiger partial charge >= 0.3 is 11.1 Å². The predicted octanol–water partition coefficient (Wildman–Crippen LogP) is -0.669. The third kappa shape index (κ3) is 3.28. The Hall–Kier alpha value is -1.47. The van der Waals surface area contributed by atoms with Crippen molar-refractivity contribution in [3.05, 3.63) is 27.0 Å². The largest absolute Gasteiger partial charge is 0.351 e. The van der Waals surface area contributed by atoms with Crippen molar-refractivity contribution in [3.8, 4) is 0 Å². The molecule has 0 aliphatic carbocycles. The molecule has 0 atom stereocenters. The lowest BCUT2D eigenvalue weighted by Gasteiger charge is -2.17. The maximum absolute atomic E-state index is 11.4. The monoisotopic (exact) mass is 229 g/mol. The van der Waals surface area contributed by atoms with Crippen LogP contribution in [0.25, 0.3) is 0 Å². The van der Waals surface area contributed by atoms with Crippen molar-refractivity contribution in [2.24, 2.45) is 0 Å². The van der Waals surface area contributed by atoms with Crippen LogP contribution in [-0.4, -0.2) is 34.3 Å². The second-order valence-corrected chi connectivity index (χ2v) is 2.98. The molecule has 7 nitrogen and oxygen atoms in total. The highest BCUT2D eigenvalue weighted by Crippen LogP contribution is 1.97. The first-order valence-corrected chi connectivity index (χ1v) is 5.06. The van der Waals surface area contributed by atoms with Gasteiger partial charge in [-0.1, -0.05) is 0 Å². The Kier molecular flexibility index (Phi) is 4.87. The van der Waals surface area contributed by atoms with Gasteiger partial charge in [-0.25, -0.2) is 5.10 Å². The fourth-order valence-corrected chi connectivity index (χ4v) is 1.20. The highest BCUT2D eigenvalue weighted by atomic mass is 16.7. The van der Waals surface area contributed by atoms with Crippen LogP contribution < -0.4 is 11.1 Å². The van der Waals surface area contributed by atoms with E-state index in [9.17, 15) is 9.59 Å². The molecule has 0 saturated heterocycles. The van der Waals surface area contributed by atoms with Crippen LogP contribution in [0.4, 0.5) is 0 Å². The van der Waals surface area contributed by atoms with Crippen LogP contribution in [0.1, 0.15) is 13.8 Å². The topological polar surface area (TPSA) is 86.2 Å². The van der Waals surface area contributed by atoms with E-state index < -0.39 is 17.4 Å². The molecule has 1 heterocycles. The summed E-state index contributed by atoms with van der Waals surface area (Å²) in [7, 11) is 0. The van der Waals surface area contributed by atoms with Gasteiger partial charge in [0.05, 0.1) is 6.54 Å². The van der Waals surface area contributed by atoms with Crippen LogP contribution in [0.15, 0.2) is 15.9 Å². The minimum Gasteiger partial charge on any atom is -0.351 e. The summed E-state index contributed by atoms with van der Waals surface area (Å²) < 4.78 is 11.7. The molecule has 0 fully saturated rings. The van der Waals surface area contributed by atoms with E-state index in [0.29, 0.717) is 13.2 Å². The minimum absolute atomic E-state index is 0.150. The maximum atomic E-state index is 11.4. The van der Waals surface area contributed by atoms with Gasteiger partial charge in [-0.3, -0.25) is 14.2 Å². The zero-order valence-electron chi connectivity index (χ0n) is 9.30. The first-order valence-electron chi connectivity index (χ1n) is 5.06. The van der Waals surface area contributed by atoms with Crippen molar-refractivity contribution in [2.45, 2.75) is 26.7 Å². The lowest BCUT2D eigenvalue weighted by Crippen LogP contribution is -2.39. The summed E-state index contributed by atoms with van der Waals surface area (Å²) in [5.41, 5.74) is -1.42. The molecule has 1 N–H and O–H groups in total. The third-order valence-electron chi connectivity index (χ3n) is 1.87. The van der Waals surface area contributed by atoms with Crippen LogP contribution >= 0.6 is 0 Å². The van der Waals surface area contributed by atoms with Crippen molar-refractivity contribution < 1.29 is 9.47 Å². The van der Waals surface area contributed by atoms with Gasteiger partial charge in [0.15, 0.2) is 6.29 Å². The number of aromatic amines is 1. The molecular weight excluding hydrogens is 214 g/mol. The number of rotatable bonds is 6.